The highest BCUT2D eigenvalue weighted by Crippen LogP contribution is 2.37. The second kappa shape index (κ2) is 5.81. The van der Waals surface area contributed by atoms with Gasteiger partial charge in [0.2, 0.25) is 6.36 Å². The Morgan fingerprint density at radius 2 is 1.74 bits per heavy atom. The fourth-order valence-corrected chi connectivity index (χ4v) is 2.41. The van der Waals surface area contributed by atoms with Crippen LogP contribution >= 0.6 is 0 Å². The van der Waals surface area contributed by atoms with Gasteiger partial charge in [0.25, 0.3) is 0 Å². The van der Waals surface area contributed by atoms with Crippen LogP contribution in [0.5, 0.6) is 0 Å². The molecule has 0 radical (unpaired) electrons. The summed E-state index contributed by atoms with van der Waals surface area (Å²) >= 11 is 0. The van der Waals surface area contributed by atoms with Gasteiger partial charge in [-0.05, 0) is 45.6 Å². The molecule has 2 rings (SSSR count). The maximum atomic E-state index is 13.3. The molecule has 0 aromatic heterocycles. The summed E-state index contributed by atoms with van der Waals surface area (Å²) < 4.78 is 38.3. The molecule has 0 spiro atoms. The van der Waals surface area contributed by atoms with Crippen LogP contribution < -0.4 is 5.46 Å². The molecule has 0 saturated carbocycles. The van der Waals surface area contributed by atoms with Gasteiger partial charge >= 0.3 is 7.12 Å². The fraction of sp³-hybridized carbons (Fsp3) is 0.625. The van der Waals surface area contributed by atoms with Gasteiger partial charge in [0.05, 0.1) is 11.2 Å². The van der Waals surface area contributed by atoms with Crippen LogP contribution in [0.1, 0.15) is 38.8 Å². The molecule has 1 fully saturated rings. The molecule has 2 N–H and O–H groups in total. The van der Waals surface area contributed by atoms with E-state index in [0.29, 0.717) is 5.46 Å². The normalized spacial score (nSPS) is 23.6. The summed E-state index contributed by atoms with van der Waals surface area (Å²) in [6.45, 7) is 7.96. The summed E-state index contributed by atoms with van der Waals surface area (Å²) in [6.07, 6.45) is -2.73. The maximum absolute atomic E-state index is 13.3. The van der Waals surface area contributed by atoms with Crippen molar-refractivity contribution in [2.45, 2.75) is 57.8 Å². The van der Waals surface area contributed by atoms with Crippen LogP contribution in [0.15, 0.2) is 18.2 Å². The molecule has 1 aromatic rings. The van der Waals surface area contributed by atoms with E-state index in [-0.39, 0.29) is 5.56 Å². The molecule has 2 unspecified atom stereocenters. The molecule has 1 aliphatic heterocycles. The van der Waals surface area contributed by atoms with Gasteiger partial charge in [0, 0.05) is 0 Å². The molecule has 0 amide bonds. The molecule has 128 valence electrons. The zero-order chi connectivity index (χ0) is 17.6. The van der Waals surface area contributed by atoms with Crippen molar-refractivity contribution in [1.29, 1.82) is 0 Å². The SMILES string of the molecule is Cc1ccc(C(O)(CF)C(O)F)cc1B1OC(C)(C)C(C)(C)O1. The predicted molar refractivity (Wildman–Crippen MR) is 83.9 cm³/mol. The summed E-state index contributed by atoms with van der Waals surface area (Å²) in [7, 11) is -0.722. The molecular formula is C16H23BF2O4. The molecule has 1 aliphatic rings. The third kappa shape index (κ3) is 3.03. The highest BCUT2D eigenvalue weighted by Gasteiger charge is 2.52. The number of hydrogen-bond acceptors (Lipinski definition) is 4. The Hall–Kier alpha value is -1.02. The number of hydrogen-bond donors (Lipinski definition) is 2. The highest BCUT2D eigenvalue weighted by molar-refractivity contribution is 6.62. The predicted octanol–water partition coefficient (Wildman–Crippen LogP) is 1.74. The van der Waals surface area contributed by atoms with Crippen LogP contribution in [0.4, 0.5) is 8.78 Å². The van der Waals surface area contributed by atoms with Crippen molar-refractivity contribution in [1.82, 2.24) is 0 Å². The topological polar surface area (TPSA) is 58.9 Å². The third-order valence-corrected chi connectivity index (χ3v) is 4.88. The van der Waals surface area contributed by atoms with Crippen molar-refractivity contribution in [3.8, 4) is 0 Å². The van der Waals surface area contributed by atoms with Gasteiger partial charge in [-0.25, -0.2) is 8.78 Å². The van der Waals surface area contributed by atoms with Crippen molar-refractivity contribution < 1.29 is 28.3 Å². The van der Waals surface area contributed by atoms with Gasteiger partial charge in [-0.3, -0.25) is 0 Å². The van der Waals surface area contributed by atoms with Crippen molar-refractivity contribution in [2.75, 3.05) is 6.67 Å². The summed E-state index contributed by atoms with van der Waals surface area (Å²) in [6, 6.07) is 4.41. The van der Waals surface area contributed by atoms with Crippen molar-refractivity contribution in [3.05, 3.63) is 29.3 Å². The Bertz CT molecular complexity index is 575. The molecule has 1 heterocycles. The van der Waals surface area contributed by atoms with Crippen LogP contribution in [-0.2, 0) is 14.9 Å². The van der Waals surface area contributed by atoms with E-state index in [1.807, 2.05) is 34.6 Å². The zero-order valence-corrected chi connectivity index (χ0v) is 14.1. The lowest BCUT2D eigenvalue weighted by Crippen LogP contribution is -2.42. The summed E-state index contributed by atoms with van der Waals surface area (Å²) in [5.74, 6) is 0. The van der Waals surface area contributed by atoms with Crippen molar-refractivity contribution >= 4 is 12.6 Å². The van der Waals surface area contributed by atoms with Gasteiger partial charge in [-0.1, -0.05) is 23.8 Å². The largest absolute Gasteiger partial charge is 0.495 e. The maximum Gasteiger partial charge on any atom is 0.495 e. The van der Waals surface area contributed by atoms with E-state index in [1.54, 1.807) is 6.07 Å². The zero-order valence-electron chi connectivity index (χ0n) is 14.1. The van der Waals surface area contributed by atoms with Gasteiger partial charge in [-0.2, -0.15) is 0 Å². The molecule has 23 heavy (non-hydrogen) atoms. The molecule has 0 aliphatic carbocycles. The molecule has 1 saturated heterocycles. The van der Waals surface area contributed by atoms with E-state index >= 15 is 0 Å². The van der Waals surface area contributed by atoms with E-state index in [2.05, 4.69) is 0 Å². The number of aliphatic hydroxyl groups is 2. The molecule has 7 heteroatoms. The lowest BCUT2D eigenvalue weighted by molar-refractivity contribution is -0.155. The molecule has 1 aromatic carbocycles. The standard InChI is InChI=1S/C16H23BF2O4/c1-10-6-7-11(16(21,9-18)13(19)20)8-12(10)17-22-14(2,3)15(4,5)23-17/h6-8,13,20-21H,9H2,1-5H3. The van der Waals surface area contributed by atoms with Gasteiger partial charge in [0.1, 0.15) is 6.67 Å². The van der Waals surface area contributed by atoms with E-state index in [4.69, 9.17) is 14.4 Å². The Morgan fingerprint density at radius 1 is 1.22 bits per heavy atom. The van der Waals surface area contributed by atoms with Crippen molar-refractivity contribution in [2.24, 2.45) is 0 Å². The van der Waals surface area contributed by atoms with Crippen LogP contribution in [0.25, 0.3) is 0 Å². The number of alkyl halides is 2. The Labute approximate surface area is 135 Å². The van der Waals surface area contributed by atoms with Crippen LogP contribution in [0.3, 0.4) is 0 Å². The Morgan fingerprint density at radius 3 is 2.17 bits per heavy atom. The minimum atomic E-state index is -2.73. The number of benzene rings is 1. The minimum absolute atomic E-state index is 0.0645. The lowest BCUT2D eigenvalue weighted by Gasteiger charge is -2.32. The summed E-state index contributed by atoms with van der Waals surface area (Å²) in [5.41, 5.74) is -2.43. The third-order valence-electron chi connectivity index (χ3n) is 4.88. The monoisotopic (exact) mass is 328 g/mol. The fourth-order valence-electron chi connectivity index (χ4n) is 2.41. The lowest BCUT2D eigenvalue weighted by atomic mass is 9.74. The number of rotatable bonds is 4. The van der Waals surface area contributed by atoms with Gasteiger partial charge in [-0.15, -0.1) is 0 Å². The van der Waals surface area contributed by atoms with Crippen LogP contribution in [0, 0.1) is 6.92 Å². The second-order valence-corrected chi connectivity index (χ2v) is 7.05. The van der Waals surface area contributed by atoms with E-state index in [9.17, 15) is 13.9 Å². The molecule has 2 atom stereocenters. The molecular weight excluding hydrogens is 305 g/mol. The highest BCUT2D eigenvalue weighted by atomic mass is 19.2. The van der Waals surface area contributed by atoms with Crippen LogP contribution in [-0.4, -0.2) is 41.6 Å². The van der Waals surface area contributed by atoms with Gasteiger partial charge in [0.15, 0.2) is 5.60 Å². The van der Waals surface area contributed by atoms with E-state index in [1.165, 1.54) is 12.1 Å². The quantitative estimate of drug-likeness (QED) is 0.827. The smallest absolute Gasteiger partial charge is 0.399 e. The number of aryl methyl sites for hydroxylation is 1. The second-order valence-electron chi connectivity index (χ2n) is 7.05. The summed E-state index contributed by atoms with van der Waals surface area (Å²) in [4.78, 5) is 0. The summed E-state index contributed by atoms with van der Waals surface area (Å²) in [5, 5.41) is 19.1. The first-order valence-corrected chi connectivity index (χ1v) is 7.52. The minimum Gasteiger partial charge on any atom is -0.399 e. The first-order valence-electron chi connectivity index (χ1n) is 7.52. The first kappa shape index (κ1) is 18.3. The molecule has 4 nitrogen and oxygen atoms in total. The van der Waals surface area contributed by atoms with E-state index < -0.39 is 37.0 Å². The Balaban J connectivity index is 2.44. The van der Waals surface area contributed by atoms with E-state index in [0.717, 1.165) is 5.56 Å². The van der Waals surface area contributed by atoms with Crippen LogP contribution in [0.2, 0.25) is 0 Å². The average Bonchev–Trinajstić information content (AvgIpc) is 2.66. The number of halogens is 2. The molecule has 0 bridgehead atoms. The Kier molecular flexibility index (Phi) is 4.63. The number of aliphatic hydroxyl groups excluding tert-OH is 1. The first-order chi connectivity index (χ1) is 10.4. The van der Waals surface area contributed by atoms with Crippen molar-refractivity contribution in [3.63, 3.8) is 0 Å². The van der Waals surface area contributed by atoms with Gasteiger partial charge < -0.3 is 19.5 Å². The average molecular weight is 328 g/mol.